The fourth-order valence-electron chi connectivity index (χ4n) is 2.99. The lowest BCUT2D eigenvalue weighted by atomic mass is 10.1. The molecule has 0 atom stereocenters. The molecule has 2 heterocycles. The zero-order valence-corrected chi connectivity index (χ0v) is 17.3. The Morgan fingerprint density at radius 1 is 1.03 bits per heavy atom. The first-order valence-electron chi connectivity index (χ1n) is 8.63. The molecule has 3 nitrogen and oxygen atoms in total. The van der Waals surface area contributed by atoms with Gasteiger partial charge in [-0.15, -0.1) is 11.3 Å². The second kappa shape index (κ2) is 7.98. The van der Waals surface area contributed by atoms with Crippen molar-refractivity contribution in [2.75, 3.05) is 0 Å². The highest BCUT2D eigenvalue weighted by Crippen LogP contribution is 2.37. The fourth-order valence-corrected chi connectivity index (χ4v) is 4.23. The molecule has 0 aliphatic carbocycles. The number of carbonyl (C=O) groups is 1. The van der Waals surface area contributed by atoms with E-state index in [4.69, 9.17) is 27.6 Å². The first-order valence-corrected chi connectivity index (χ1v) is 10.3. The van der Waals surface area contributed by atoms with Crippen molar-refractivity contribution >= 4 is 50.5 Å². The minimum atomic E-state index is -4.82. The molecule has 4 rings (SSSR count). The number of rotatable bonds is 4. The van der Waals surface area contributed by atoms with Gasteiger partial charge in [-0.2, -0.15) is 13.2 Å². The maximum atomic E-state index is 13.5. The van der Waals surface area contributed by atoms with E-state index < -0.39 is 23.4 Å². The second-order valence-electron chi connectivity index (χ2n) is 6.44. The topological polar surface area (TPSA) is 42.2 Å². The van der Waals surface area contributed by atoms with Gasteiger partial charge in [-0.25, -0.2) is 0 Å². The molecule has 2 aromatic carbocycles. The Kier molecular flexibility index (Phi) is 5.53. The number of thiophene rings is 1. The summed E-state index contributed by atoms with van der Waals surface area (Å²) in [6.07, 6.45) is -4.82. The average molecular weight is 470 g/mol. The summed E-state index contributed by atoms with van der Waals surface area (Å²) in [7, 11) is 0. The number of halogens is 5. The number of carbonyl (C=O) groups excluding carboxylic acids is 1. The monoisotopic (exact) mass is 469 g/mol. The fraction of sp³-hybridized carbons (Fsp3) is 0.0952. The van der Waals surface area contributed by atoms with Gasteiger partial charge in [0.05, 0.1) is 5.56 Å². The van der Waals surface area contributed by atoms with Crippen molar-refractivity contribution in [3.05, 3.63) is 80.8 Å². The number of fused-ring (bicyclic) bond motifs is 1. The van der Waals surface area contributed by atoms with Crippen LogP contribution in [0, 0.1) is 0 Å². The molecule has 2 aromatic heterocycles. The number of amides is 1. The van der Waals surface area contributed by atoms with E-state index in [1.807, 2.05) is 11.4 Å². The summed E-state index contributed by atoms with van der Waals surface area (Å²) in [5.74, 6) is -2.30. The van der Waals surface area contributed by atoms with Crippen LogP contribution in [0.2, 0.25) is 10.0 Å². The Bertz CT molecular complexity index is 1230. The predicted octanol–water partition coefficient (Wildman–Crippen LogP) is 7.42. The van der Waals surface area contributed by atoms with Crippen LogP contribution >= 0.6 is 34.5 Å². The van der Waals surface area contributed by atoms with Crippen LogP contribution < -0.4 is 5.32 Å². The summed E-state index contributed by atoms with van der Waals surface area (Å²) in [5.41, 5.74) is 0.563. The van der Waals surface area contributed by atoms with E-state index in [1.54, 1.807) is 12.1 Å². The Hall–Kier alpha value is -2.48. The van der Waals surface area contributed by atoms with E-state index in [2.05, 4.69) is 5.32 Å². The van der Waals surface area contributed by atoms with Crippen LogP contribution in [0.3, 0.4) is 0 Å². The summed E-state index contributed by atoms with van der Waals surface area (Å²) in [6, 6.07) is 12.5. The summed E-state index contributed by atoms with van der Waals surface area (Å²) in [4.78, 5) is 12.6. The van der Waals surface area contributed by atoms with Gasteiger partial charge < -0.3 is 9.73 Å². The molecule has 0 saturated heterocycles. The van der Waals surface area contributed by atoms with Gasteiger partial charge in [-0.05, 0) is 64.9 Å². The van der Waals surface area contributed by atoms with Crippen molar-refractivity contribution in [2.45, 2.75) is 12.7 Å². The second-order valence-corrected chi connectivity index (χ2v) is 8.23. The maximum absolute atomic E-state index is 13.5. The molecule has 0 unspecified atom stereocenters. The standard InChI is InChI=1S/C21H12Cl2F3NO2S/c22-13-3-1-11(2-4-13)17-8-16(19(29-17)21(24,25)26)20(28)27-9-12-10-30-18-6-5-14(23)7-15(12)18/h1-8,10H,9H2,(H,27,28). The van der Waals surface area contributed by atoms with Crippen molar-refractivity contribution < 1.29 is 22.4 Å². The molecule has 0 radical (unpaired) electrons. The maximum Gasteiger partial charge on any atom is 0.450 e. The van der Waals surface area contributed by atoms with Gasteiger partial charge in [-0.1, -0.05) is 23.2 Å². The molecule has 9 heteroatoms. The SMILES string of the molecule is O=C(NCc1csc2ccc(Cl)cc12)c1cc(-c2ccc(Cl)cc2)oc1C(F)(F)F. The van der Waals surface area contributed by atoms with Crippen molar-refractivity contribution in [3.63, 3.8) is 0 Å². The van der Waals surface area contributed by atoms with E-state index in [1.165, 1.54) is 35.6 Å². The molecule has 1 amide bonds. The Balaban J connectivity index is 1.62. The molecule has 30 heavy (non-hydrogen) atoms. The first kappa shape index (κ1) is 20.8. The molecule has 0 spiro atoms. The number of nitrogens with one attached hydrogen (secondary N) is 1. The molecule has 0 saturated carbocycles. The van der Waals surface area contributed by atoms with Gasteiger partial charge in [0.15, 0.2) is 0 Å². The lowest BCUT2D eigenvalue weighted by molar-refractivity contribution is -0.153. The first-order chi connectivity index (χ1) is 14.2. The van der Waals surface area contributed by atoms with Crippen LogP contribution in [0.15, 0.2) is 58.3 Å². The van der Waals surface area contributed by atoms with Gasteiger partial charge in [0.2, 0.25) is 5.76 Å². The van der Waals surface area contributed by atoms with E-state index in [-0.39, 0.29) is 12.3 Å². The average Bonchev–Trinajstić information content (AvgIpc) is 3.31. The smallest absolute Gasteiger partial charge is 0.450 e. The van der Waals surface area contributed by atoms with Crippen molar-refractivity contribution in [1.82, 2.24) is 5.32 Å². The van der Waals surface area contributed by atoms with Crippen molar-refractivity contribution in [3.8, 4) is 11.3 Å². The summed E-state index contributed by atoms with van der Waals surface area (Å²) < 4.78 is 46.4. The normalized spacial score (nSPS) is 11.8. The molecule has 4 aromatic rings. The largest absolute Gasteiger partial charge is 0.451 e. The number of benzene rings is 2. The van der Waals surface area contributed by atoms with Gasteiger partial charge in [-0.3, -0.25) is 4.79 Å². The third kappa shape index (κ3) is 4.19. The molecule has 0 aliphatic rings. The third-order valence-corrected chi connectivity index (χ3v) is 5.92. The predicted molar refractivity (Wildman–Crippen MR) is 112 cm³/mol. The lowest BCUT2D eigenvalue weighted by Gasteiger charge is -2.07. The van der Waals surface area contributed by atoms with Crippen LogP contribution in [0.5, 0.6) is 0 Å². The van der Waals surface area contributed by atoms with Crippen LogP contribution in [0.4, 0.5) is 13.2 Å². The Morgan fingerprint density at radius 2 is 1.73 bits per heavy atom. The molecule has 0 fully saturated rings. The molecule has 154 valence electrons. The highest BCUT2D eigenvalue weighted by molar-refractivity contribution is 7.17. The van der Waals surface area contributed by atoms with Crippen molar-refractivity contribution in [1.29, 1.82) is 0 Å². The minimum Gasteiger partial charge on any atom is -0.451 e. The van der Waals surface area contributed by atoms with Gasteiger partial charge in [0, 0.05) is 26.9 Å². The molecular formula is C21H12Cl2F3NO2S. The molecule has 1 N–H and O–H groups in total. The van der Waals surface area contributed by atoms with E-state index >= 15 is 0 Å². The van der Waals surface area contributed by atoms with Crippen LogP contribution in [0.25, 0.3) is 21.4 Å². The highest BCUT2D eigenvalue weighted by Gasteiger charge is 2.40. The Labute approximate surface area is 183 Å². The zero-order chi connectivity index (χ0) is 21.5. The number of furan rings is 1. The molecular weight excluding hydrogens is 458 g/mol. The van der Waals surface area contributed by atoms with Crippen LogP contribution in [0.1, 0.15) is 21.7 Å². The third-order valence-electron chi connectivity index (χ3n) is 4.42. The zero-order valence-electron chi connectivity index (χ0n) is 15.0. The number of hydrogen-bond acceptors (Lipinski definition) is 3. The van der Waals surface area contributed by atoms with Gasteiger partial charge in [0.25, 0.3) is 5.91 Å². The summed E-state index contributed by atoms with van der Waals surface area (Å²) in [6.45, 7) is 0.0535. The van der Waals surface area contributed by atoms with E-state index in [9.17, 15) is 18.0 Å². The Morgan fingerprint density at radius 3 is 2.43 bits per heavy atom. The molecule has 0 aliphatic heterocycles. The lowest BCUT2D eigenvalue weighted by Crippen LogP contribution is -2.24. The van der Waals surface area contributed by atoms with Crippen molar-refractivity contribution in [2.24, 2.45) is 0 Å². The minimum absolute atomic E-state index is 0.0535. The van der Waals surface area contributed by atoms with Gasteiger partial charge in [0.1, 0.15) is 5.76 Å². The summed E-state index contributed by atoms with van der Waals surface area (Å²) in [5, 5.41) is 6.19. The van der Waals surface area contributed by atoms with E-state index in [0.29, 0.717) is 15.6 Å². The highest BCUT2D eigenvalue weighted by atomic mass is 35.5. The number of alkyl halides is 3. The van der Waals surface area contributed by atoms with Gasteiger partial charge >= 0.3 is 6.18 Å². The summed E-state index contributed by atoms with van der Waals surface area (Å²) >= 11 is 13.3. The van der Waals surface area contributed by atoms with Crippen LogP contribution in [-0.4, -0.2) is 5.91 Å². The number of hydrogen-bond donors (Lipinski definition) is 1. The molecule has 0 bridgehead atoms. The van der Waals surface area contributed by atoms with Crippen LogP contribution in [-0.2, 0) is 12.7 Å². The van der Waals surface area contributed by atoms with E-state index in [0.717, 1.165) is 21.7 Å². The quantitative estimate of drug-likeness (QED) is 0.337.